The highest BCUT2D eigenvalue weighted by atomic mass is 15.3. The van der Waals surface area contributed by atoms with Crippen molar-refractivity contribution in [1.82, 2.24) is 10.2 Å². The van der Waals surface area contributed by atoms with E-state index in [-0.39, 0.29) is 0 Å². The first kappa shape index (κ1) is 16.5. The lowest BCUT2D eigenvalue weighted by molar-refractivity contribution is 0.0364. The van der Waals surface area contributed by atoms with Gasteiger partial charge in [0, 0.05) is 31.2 Å². The number of rotatable bonds is 6. The summed E-state index contributed by atoms with van der Waals surface area (Å²) in [6.45, 7) is 12.9. The Hall–Kier alpha value is -0.860. The molecule has 1 saturated heterocycles. The van der Waals surface area contributed by atoms with Crippen LogP contribution in [0.25, 0.3) is 0 Å². The first-order valence-corrected chi connectivity index (χ1v) is 8.59. The van der Waals surface area contributed by atoms with Gasteiger partial charge in [-0.25, -0.2) is 0 Å². The molecule has 0 saturated carbocycles. The molecule has 3 atom stereocenters. The molecular weight excluding hydrogens is 256 g/mol. The van der Waals surface area contributed by atoms with Gasteiger partial charge in [-0.1, -0.05) is 57.5 Å². The monoisotopic (exact) mass is 288 g/mol. The van der Waals surface area contributed by atoms with E-state index in [4.69, 9.17) is 0 Å². The van der Waals surface area contributed by atoms with Crippen LogP contribution in [0.1, 0.15) is 46.1 Å². The molecule has 0 bridgehead atoms. The van der Waals surface area contributed by atoms with Crippen molar-refractivity contribution in [1.29, 1.82) is 0 Å². The van der Waals surface area contributed by atoms with Crippen LogP contribution in [0.15, 0.2) is 30.3 Å². The first-order valence-electron chi connectivity index (χ1n) is 8.59. The summed E-state index contributed by atoms with van der Waals surface area (Å²) in [5.74, 6) is 0.784. The lowest BCUT2D eigenvalue weighted by Crippen LogP contribution is -2.64. The molecular formula is C19H32N2. The fraction of sp³-hybridized carbons (Fsp3) is 0.684. The average molecular weight is 288 g/mol. The Kier molecular flexibility index (Phi) is 5.83. The highest BCUT2D eigenvalue weighted by Crippen LogP contribution is 2.25. The van der Waals surface area contributed by atoms with Crippen molar-refractivity contribution in [2.45, 2.75) is 58.5 Å². The molecule has 0 aliphatic carbocycles. The minimum Gasteiger partial charge on any atom is -0.311 e. The van der Waals surface area contributed by atoms with Gasteiger partial charge in [0.05, 0.1) is 0 Å². The normalized spacial score (nSPS) is 28.5. The third kappa shape index (κ3) is 4.31. The fourth-order valence-electron chi connectivity index (χ4n) is 3.21. The molecule has 1 aromatic rings. The Labute approximate surface area is 130 Å². The Morgan fingerprint density at radius 3 is 2.62 bits per heavy atom. The summed E-state index contributed by atoms with van der Waals surface area (Å²) >= 11 is 0. The third-order valence-electron chi connectivity index (χ3n) is 5.29. The summed E-state index contributed by atoms with van der Waals surface area (Å²) in [6.07, 6.45) is 3.62. The molecule has 2 nitrogen and oxygen atoms in total. The smallest absolute Gasteiger partial charge is 0.0304 e. The molecule has 118 valence electrons. The molecule has 1 aliphatic rings. The lowest BCUT2D eigenvalue weighted by atomic mass is 9.89. The minimum atomic E-state index is 0.316. The summed E-state index contributed by atoms with van der Waals surface area (Å²) in [5.41, 5.74) is 1.76. The highest BCUT2D eigenvalue weighted by Gasteiger charge is 2.36. The van der Waals surface area contributed by atoms with Gasteiger partial charge in [0.2, 0.25) is 0 Å². The topological polar surface area (TPSA) is 15.3 Å². The van der Waals surface area contributed by atoms with Gasteiger partial charge in [0.1, 0.15) is 0 Å². The van der Waals surface area contributed by atoms with E-state index < -0.39 is 0 Å². The van der Waals surface area contributed by atoms with Crippen LogP contribution in [0.4, 0.5) is 0 Å². The molecule has 1 aromatic carbocycles. The van der Waals surface area contributed by atoms with Crippen molar-refractivity contribution in [3.63, 3.8) is 0 Å². The Morgan fingerprint density at radius 2 is 2.00 bits per heavy atom. The molecule has 1 fully saturated rings. The predicted molar refractivity (Wildman–Crippen MR) is 91.7 cm³/mol. The molecule has 21 heavy (non-hydrogen) atoms. The maximum atomic E-state index is 3.79. The molecule has 0 amide bonds. The van der Waals surface area contributed by atoms with Gasteiger partial charge in [-0.2, -0.15) is 0 Å². The molecule has 1 N–H and O–H groups in total. The second kappa shape index (κ2) is 7.42. The number of hydrogen-bond acceptors (Lipinski definition) is 2. The van der Waals surface area contributed by atoms with Gasteiger partial charge in [-0.15, -0.1) is 0 Å². The molecule has 3 unspecified atom stereocenters. The molecule has 2 rings (SSSR count). The number of benzene rings is 1. The molecule has 2 heteroatoms. The Balaban J connectivity index is 2.01. The number of nitrogens with zero attached hydrogens (tertiary/aromatic N) is 1. The van der Waals surface area contributed by atoms with E-state index in [2.05, 4.69) is 68.2 Å². The van der Waals surface area contributed by atoms with Crippen LogP contribution in [0.5, 0.6) is 0 Å². The van der Waals surface area contributed by atoms with Crippen LogP contribution in [-0.4, -0.2) is 36.1 Å². The largest absolute Gasteiger partial charge is 0.311 e. The summed E-state index contributed by atoms with van der Waals surface area (Å²) in [6, 6.07) is 11.5. The minimum absolute atomic E-state index is 0.316. The Bertz CT molecular complexity index is 417. The van der Waals surface area contributed by atoms with Crippen molar-refractivity contribution in [2.24, 2.45) is 5.92 Å². The van der Waals surface area contributed by atoms with Gasteiger partial charge >= 0.3 is 0 Å². The quantitative estimate of drug-likeness (QED) is 0.858. The second-order valence-electron chi connectivity index (χ2n) is 7.04. The van der Waals surface area contributed by atoms with Crippen LogP contribution < -0.4 is 5.32 Å². The fourth-order valence-corrected chi connectivity index (χ4v) is 3.21. The zero-order chi connectivity index (χ0) is 15.3. The summed E-state index contributed by atoms with van der Waals surface area (Å²) in [4.78, 5) is 2.74. The average Bonchev–Trinajstić information content (AvgIpc) is 2.51. The third-order valence-corrected chi connectivity index (χ3v) is 5.29. The molecule has 0 radical (unpaired) electrons. The summed E-state index contributed by atoms with van der Waals surface area (Å²) in [7, 11) is 0. The zero-order valence-electron chi connectivity index (χ0n) is 14.2. The van der Waals surface area contributed by atoms with E-state index in [1.165, 1.54) is 31.5 Å². The van der Waals surface area contributed by atoms with Gasteiger partial charge in [0.15, 0.2) is 0 Å². The second-order valence-corrected chi connectivity index (χ2v) is 7.04. The van der Waals surface area contributed by atoms with E-state index in [9.17, 15) is 0 Å². The van der Waals surface area contributed by atoms with Crippen LogP contribution in [0, 0.1) is 5.92 Å². The van der Waals surface area contributed by atoms with Crippen molar-refractivity contribution in [2.75, 3.05) is 19.6 Å². The Morgan fingerprint density at radius 1 is 1.29 bits per heavy atom. The van der Waals surface area contributed by atoms with E-state index in [1.54, 1.807) is 0 Å². The number of hydrogen-bond donors (Lipinski definition) is 1. The molecule has 0 aromatic heterocycles. The van der Waals surface area contributed by atoms with E-state index >= 15 is 0 Å². The standard InChI is InChI=1S/C19H32N2/c1-5-16(3)13-21-14-18(20-15-19(21,4)6-2)12-17-10-8-7-9-11-17/h7-11,16,18,20H,5-6,12-15H2,1-4H3. The first-order chi connectivity index (χ1) is 10.1. The summed E-state index contributed by atoms with van der Waals surface area (Å²) in [5, 5.41) is 3.79. The van der Waals surface area contributed by atoms with Crippen LogP contribution in [0.2, 0.25) is 0 Å². The van der Waals surface area contributed by atoms with Gasteiger partial charge in [-0.3, -0.25) is 4.90 Å². The van der Waals surface area contributed by atoms with Crippen molar-refractivity contribution < 1.29 is 0 Å². The predicted octanol–water partition coefficient (Wildman–Crippen LogP) is 3.72. The van der Waals surface area contributed by atoms with E-state index in [0.29, 0.717) is 11.6 Å². The van der Waals surface area contributed by atoms with Gasteiger partial charge in [-0.05, 0) is 31.2 Å². The van der Waals surface area contributed by atoms with Gasteiger partial charge in [0.25, 0.3) is 0 Å². The van der Waals surface area contributed by atoms with Crippen molar-refractivity contribution in [3.05, 3.63) is 35.9 Å². The van der Waals surface area contributed by atoms with Gasteiger partial charge < -0.3 is 5.32 Å². The van der Waals surface area contributed by atoms with Crippen LogP contribution >= 0.6 is 0 Å². The number of nitrogens with one attached hydrogen (secondary N) is 1. The molecule has 1 heterocycles. The number of piperazine rings is 1. The highest BCUT2D eigenvalue weighted by molar-refractivity contribution is 5.16. The zero-order valence-corrected chi connectivity index (χ0v) is 14.2. The van der Waals surface area contributed by atoms with Crippen LogP contribution in [-0.2, 0) is 6.42 Å². The summed E-state index contributed by atoms with van der Waals surface area (Å²) < 4.78 is 0. The molecule has 0 spiro atoms. The maximum absolute atomic E-state index is 3.79. The van der Waals surface area contributed by atoms with Crippen LogP contribution in [0.3, 0.4) is 0 Å². The van der Waals surface area contributed by atoms with E-state index in [1.807, 2.05) is 0 Å². The van der Waals surface area contributed by atoms with Crippen molar-refractivity contribution >= 4 is 0 Å². The molecule has 1 aliphatic heterocycles. The SMILES string of the molecule is CCC(C)CN1CC(Cc2ccccc2)NCC1(C)CC. The van der Waals surface area contributed by atoms with Crippen molar-refractivity contribution in [3.8, 4) is 0 Å². The maximum Gasteiger partial charge on any atom is 0.0304 e. The lowest BCUT2D eigenvalue weighted by Gasteiger charge is -2.49. The van der Waals surface area contributed by atoms with E-state index in [0.717, 1.165) is 18.9 Å².